The lowest BCUT2D eigenvalue weighted by atomic mass is 10.0. The van der Waals surface area contributed by atoms with Crippen LogP contribution < -0.4 is 10.2 Å². The third-order valence-corrected chi connectivity index (χ3v) is 5.07. The zero-order valence-electron chi connectivity index (χ0n) is 16.1. The number of hydrogen-bond donors (Lipinski definition) is 1. The number of carbonyl (C=O) groups is 1. The Balaban J connectivity index is 0.00000160. The van der Waals surface area contributed by atoms with E-state index in [1.54, 1.807) is 6.07 Å². The van der Waals surface area contributed by atoms with Crippen LogP contribution in [0.2, 0.25) is 0 Å². The van der Waals surface area contributed by atoms with Crippen LogP contribution in [0.15, 0.2) is 60.8 Å². The first kappa shape index (κ1) is 18.3. The van der Waals surface area contributed by atoms with E-state index in [-0.39, 0.29) is 8.64 Å². The first-order valence-electron chi connectivity index (χ1n) is 9.72. The van der Waals surface area contributed by atoms with Crippen LogP contribution in [-0.4, -0.2) is 41.9 Å². The summed E-state index contributed by atoms with van der Waals surface area (Å²) in [6, 6.07) is 17.6. The Morgan fingerprint density at radius 2 is 1.89 bits per heavy atom. The highest BCUT2D eigenvalue weighted by atomic mass is 16.1. The fourth-order valence-electron chi connectivity index (χ4n) is 3.49. The van der Waals surface area contributed by atoms with Crippen LogP contribution in [-0.2, 0) is 0 Å². The molecule has 0 saturated carbocycles. The highest BCUT2D eigenvalue weighted by Gasteiger charge is 2.18. The van der Waals surface area contributed by atoms with Crippen molar-refractivity contribution in [1.29, 1.82) is 0 Å². The molecule has 0 bridgehead atoms. The van der Waals surface area contributed by atoms with E-state index in [0.717, 1.165) is 55.2 Å². The Morgan fingerprint density at radius 3 is 2.75 bits per heavy atom. The van der Waals surface area contributed by atoms with Crippen molar-refractivity contribution in [3.05, 3.63) is 77.7 Å². The Morgan fingerprint density at radius 1 is 1.04 bits per heavy atom. The molecule has 1 N–H and O–H groups in total. The van der Waals surface area contributed by atoms with E-state index in [1.807, 2.05) is 61.7 Å². The van der Waals surface area contributed by atoms with Crippen LogP contribution in [0.5, 0.6) is 0 Å². The maximum atomic E-state index is 13.2. The summed E-state index contributed by atoms with van der Waals surface area (Å²) in [5.74, 6) is 0.775. The number of hydrogen-bond acceptors (Lipinski definition) is 5. The van der Waals surface area contributed by atoms with Gasteiger partial charge in [-0.25, -0.2) is 4.98 Å². The molecule has 0 amide bonds. The van der Waals surface area contributed by atoms with Crippen LogP contribution in [0.3, 0.4) is 0 Å². The second-order valence-corrected chi connectivity index (χ2v) is 7.02. The predicted octanol–water partition coefficient (Wildman–Crippen LogP) is 3.97. The number of ketones is 1. The van der Waals surface area contributed by atoms with Crippen LogP contribution in [0.1, 0.15) is 31.0 Å². The molecule has 0 unspecified atom stereocenters. The minimum Gasteiger partial charge on any atom is -0.355 e. The van der Waals surface area contributed by atoms with Crippen LogP contribution >= 0.6 is 0 Å². The average molecular weight is 377 g/mol. The lowest BCUT2D eigenvalue weighted by molar-refractivity contribution is 0.103. The number of pyridine rings is 2. The van der Waals surface area contributed by atoms with Crippen LogP contribution in [0.25, 0.3) is 11.1 Å². The first-order valence-corrected chi connectivity index (χ1v) is 9.72. The SMILES string of the molecule is Cc1ncc(-c2ccccc2)cc1C(=O)c1cccc(N2CCCNCC2)n1.[HH].[HH]. The summed E-state index contributed by atoms with van der Waals surface area (Å²) in [7, 11) is 0. The molecule has 3 aromatic rings. The van der Waals surface area contributed by atoms with Gasteiger partial charge in [-0.05, 0) is 43.7 Å². The van der Waals surface area contributed by atoms with E-state index in [1.165, 1.54) is 0 Å². The molecule has 4 rings (SSSR count). The van der Waals surface area contributed by atoms with Crippen molar-refractivity contribution < 1.29 is 7.65 Å². The van der Waals surface area contributed by atoms with Crippen molar-refractivity contribution in [1.82, 2.24) is 15.3 Å². The molecule has 2 aromatic heterocycles. The zero-order chi connectivity index (χ0) is 19.3. The van der Waals surface area contributed by atoms with E-state index in [2.05, 4.69) is 20.2 Å². The molecule has 5 heteroatoms. The maximum Gasteiger partial charge on any atom is 0.213 e. The number of carbonyl (C=O) groups excluding carboxylic acids is 1. The molecule has 3 heterocycles. The van der Waals surface area contributed by atoms with Gasteiger partial charge in [-0.3, -0.25) is 9.78 Å². The molecule has 1 aromatic carbocycles. The molecular weight excluding hydrogens is 348 g/mol. The number of aromatic nitrogens is 2. The Hall–Kier alpha value is -3.05. The van der Waals surface area contributed by atoms with Gasteiger partial charge in [0.25, 0.3) is 0 Å². The zero-order valence-corrected chi connectivity index (χ0v) is 16.1. The minimum absolute atomic E-state index is 0. The molecule has 0 atom stereocenters. The molecule has 1 fully saturated rings. The van der Waals surface area contributed by atoms with Crippen LogP contribution in [0, 0.1) is 6.92 Å². The highest BCUT2D eigenvalue weighted by molar-refractivity contribution is 6.09. The Labute approximate surface area is 168 Å². The van der Waals surface area contributed by atoms with E-state index >= 15 is 0 Å². The van der Waals surface area contributed by atoms with Gasteiger partial charge >= 0.3 is 0 Å². The normalized spacial score (nSPS) is 14.5. The topological polar surface area (TPSA) is 58.1 Å². The van der Waals surface area contributed by atoms with Gasteiger partial charge in [0.2, 0.25) is 5.78 Å². The molecule has 28 heavy (non-hydrogen) atoms. The Bertz CT molecular complexity index is 974. The molecular formula is C23H28N4O. The fourth-order valence-corrected chi connectivity index (χ4v) is 3.49. The minimum atomic E-state index is -0.0856. The first-order chi connectivity index (χ1) is 13.7. The second kappa shape index (κ2) is 8.31. The van der Waals surface area contributed by atoms with Gasteiger partial charge in [-0.15, -0.1) is 0 Å². The van der Waals surface area contributed by atoms with E-state index < -0.39 is 0 Å². The molecule has 1 aliphatic rings. The molecule has 1 aliphatic heterocycles. The van der Waals surface area contributed by atoms with Gasteiger partial charge < -0.3 is 10.2 Å². The number of anilines is 1. The van der Waals surface area contributed by atoms with Gasteiger partial charge in [0, 0.05) is 45.5 Å². The third kappa shape index (κ3) is 3.94. The number of benzene rings is 1. The van der Waals surface area contributed by atoms with Crippen LogP contribution in [0.4, 0.5) is 5.82 Å². The molecule has 0 aliphatic carbocycles. The molecule has 146 valence electrons. The molecule has 1 saturated heterocycles. The summed E-state index contributed by atoms with van der Waals surface area (Å²) < 4.78 is 0. The van der Waals surface area contributed by atoms with Crippen molar-refractivity contribution in [3.8, 4) is 11.1 Å². The van der Waals surface area contributed by atoms with Crippen molar-refractivity contribution >= 4 is 11.6 Å². The van der Waals surface area contributed by atoms with E-state index in [4.69, 9.17) is 0 Å². The maximum absolute atomic E-state index is 13.2. The monoisotopic (exact) mass is 376 g/mol. The third-order valence-electron chi connectivity index (χ3n) is 5.07. The van der Waals surface area contributed by atoms with Gasteiger partial charge in [-0.1, -0.05) is 36.4 Å². The standard InChI is InChI=1S/C23H24N4O.2H2/c1-17-20(15-19(16-25-17)18-7-3-2-4-8-18)23(28)21-9-5-10-22(26-21)27-13-6-11-24-12-14-27;;/h2-5,7-10,15-16,24H,6,11-14H2,1H3;2*1H. The summed E-state index contributed by atoms with van der Waals surface area (Å²) >= 11 is 0. The number of nitrogens with one attached hydrogen (secondary N) is 1. The highest BCUT2D eigenvalue weighted by Crippen LogP contribution is 2.23. The van der Waals surface area contributed by atoms with Crippen molar-refractivity contribution in [2.45, 2.75) is 13.3 Å². The predicted molar refractivity (Wildman–Crippen MR) is 116 cm³/mol. The fraction of sp³-hybridized carbons (Fsp3) is 0.261. The average Bonchev–Trinajstić information content (AvgIpc) is 3.04. The van der Waals surface area contributed by atoms with E-state index in [9.17, 15) is 4.79 Å². The lowest BCUT2D eigenvalue weighted by Gasteiger charge is -2.21. The summed E-state index contributed by atoms with van der Waals surface area (Å²) in [5.41, 5.74) is 3.76. The summed E-state index contributed by atoms with van der Waals surface area (Å²) in [6.07, 6.45) is 2.89. The summed E-state index contributed by atoms with van der Waals surface area (Å²) in [4.78, 5) is 24.6. The van der Waals surface area contributed by atoms with Gasteiger partial charge in [0.05, 0.1) is 0 Å². The Kier molecular flexibility index (Phi) is 5.44. The smallest absolute Gasteiger partial charge is 0.213 e. The number of aryl methyl sites for hydroxylation is 1. The van der Waals surface area contributed by atoms with Gasteiger partial charge in [0.1, 0.15) is 11.5 Å². The largest absolute Gasteiger partial charge is 0.355 e. The molecule has 5 nitrogen and oxygen atoms in total. The second-order valence-electron chi connectivity index (χ2n) is 7.02. The van der Waals surface area contributed by atoms with Crippen molar-refractivity contribution in [3.63, 3.8) is 0 Å². The summed E-state index contributed by atoms with van der Waals surface area (Å²) in [5, 5.41) is 3.39. The number of nitrogens with zero attached hydrogens (tertiary/aromatic N) is 3. The van der Waals surface area contributed by atoms with Crippen molar-refractivity contribution in [2.75, 3.05) is 31.1 Å². The quantitative estimate of drug-likeness (QED) is 0.698. The summed E-state index contributed by atoms with van der Waals surface area (Å²) in [6.45, 7) is 5.66. The molecule has 0 radical (unpaired) electrons. The van der Waals surface area contributed by atoms with Gasteiger partial charge in [-0.2, -0.15) is 0 Å². The number of rotatable bonds is 4. The lowest BCUT2D eigenvalue weighted by Crippen LogP contribution is -2.29. The van der Waals surface area contributed by atoms with Crippen molar-refractivity contribution in [2.24, 2.45) is 0 Å². The van der Waals surface area contributed by atoms with E-state index in [0.29, 0.717) is 11.3 Å². The molecule has 0 spiro atoms. The van der Waals surface area contributed by atoms with Gasteiger partial charge in [0.15, 0.2) is 0 Å².